The molecule has 0 aliphatic carbocycles. The summed E-state index contributed by atoms with van der Waals surface area (Å²) in [5.41, 5.74) is 1.13. The lowest BCUT2D eigenvalue weighted by Gasteiger charge is -2.25. The molecule has 0 spiro atoms. The van der Waals surface area contributed by atoms with Gasteiger partial charge in [0.1, 0.15) is 11.0 Å². The molecule has 0 saturated carbocycles. The molecule has 3 aromatic heterocycles. The molecular weight excluding hydrogens is 318 g/mol. The van der Waals surface area contributed by atoms with Gasteiger partial charge in [-0.25, -0.2) is 4.68 Å². The molecule has 1 amide bonds. The van der Waals surface area contributed by atoms with Crippen LogP contribution in [0.15, 0.2) is 30.7 Å². The summed E-state index contributed by atoms with van der Waals surface area (Å²) in [6.45, 7) is 1.19. The second kappa shape index (κ2) is 5.82. The molecule has 0 radical (unpaired) electrons. The van der Waals surface area contributed by atoms with Crippen molar-refractivity contribution in [2.75, 3.05) is 18.5 Å². The minimum absolute atomic E-state index is 0.156. The Kier molecular flexibility index (Phi) is 3.52. The first-order chi connectivity index (χ1) is 11.3. The van der Waals surface area contributed by atoms with Crippen LogP contribution in [-0.4, -0.2) is 49.3 Å². The Labute approximate surface area is 134 Å². The lowest BCUT2D eigenvalue weighted by atomic mass is 10.3. The molecule has 1 N–H and O–H groups in total. The van der Waals surface area contributed by atoms with E-state index in [1.165, 1.54) is 11.3 Å². The summed E-state index contributed by atoms with van der Waals surface area (Å²) in [5.74, 6) is -0.367. The van der Waals surface area contributed by atoms with Gasteiger partial charge in [-0.1, -0.05) is 16.6 Å². The Morgan fingerprint density at radius 3 is 2.83 bits per heavy atom. The lowest BCUT2D eigenvalue weighted by molar-refractivity contribution is -0.0293. The van der Waals surface area contributed by atoms with Gasteiger partial charge < -0.3 is 4.74 Å². The Morgan fingerprint density at radius 2 is 2.09 bits per heavy atom. The fourth-order valence-corrected chi connectivity index (χ4v) is 2.73. The van der Waals surface area contributed by atoms with Crippen molar-refractivity contribution in [3.63, 3.8) is 0 Å². The monoisotopic (exact) mass is 329 g/mol. The average Bonchev–Trinajstić information content (AvgIpc) is 3.16. The molecule has 0 atom stereocenters. The zero-order chi connectivity index (χ0) is 15.6. The molecule has 9 nitrogen and oxygen atoms in total. The van der Waals surface area contributed by atoms with Gasteiger partial charge in [-0.3, -0.25) is 15.1 Å². The molecule has 1 aliphatic rings. The van der Waals surface area contributed by atoms with Crippen LogP contribution in [0.2, 0.25) is 0 Å². The van der Waals surface area contributed by atoms with Gasteiger partial charge in [-0.2, -0.15) is 0 Å². The van der Waals surface area contributed by atoms with Crippen LogP contribution in [0.1, 0.15) is 16.5 Å². The van der Waals surface area contributed by atoms with Crippen LogP contribution in [0.5, 0.6) is 0 Å². The summed E-state index contributed by atoms with van der Waals surface area (Å²) >= 11 is 1.28. The molecule has 1 fully saturated rings. The highest BCUT2D eigenvalue weighted by Crippen LogP contribution is 2.25. The molecule has 4 heterocycles. The van der Waals surface area contributed by atoms with Crippen LogP contribution in [-0.2, 0) is 4.74 Å². The molecule has 10 heteroatoms. The third kappa shape index (κ3) is 2.81. The molecule has 0 bridgehead atoms. The average molecular weight is 329 g/mol. The summed E-state index contributed by atoms with van der Waals surface area (Å²) < 4.78 is 6.73. The fraction of sp³-hybridized carbons (Fsp3) is 0.231. The fourth-order valence-electron chi connectivity index (χ4n) is 1.98. The first kappa shape index (κ1) is 13.9. The molecule has 116 valence electrons. The van der Waals surface area contributed by atoms with Crippen molar-refractivity contribution in [3.8, 4) is 10.6 Å². The zero-order valence-corrected chi connectivity index (χ0v) is 12.6. The van der Waals surface area contributed by atoms with Crippen molar-refractivity contribution in [2.24, 2.45) is 0 Å². The van der Waals surface area contributed by atoms with E-state index in [2.05, 4.69) is 30.8 Å². The predicted molar refractivity (Wildman–Crippen MR) is 81.0 cm³/mol. The maximum atomic E-state index is 12.2. The van der Waals surface area contributed by atoms with Gasteiger partial charge in [0, 0.05) is 18.0 Å². The number of nitrogens with zero attached hydrogens (tertiary/aromatic N) is 6. The van der Waals surface area contributed by atoms with Crippen LogP contribution >= 0.6 is 11.3 Å². The van der Waals surface area contributed by atoms with Gasteiger partial charge in [-0.05, 0) is 12.1 Å². The molecule has 1 aliphatic heterocycles. The summed E-state index contributed by atoms with van der Waals surface area (Å²) in [4.78, 5) is 16.1. The Hall–Kier alpha value is -2.72. The minimum Gasteiger partial charge on any atom is -0.377 e. The van der Waals surface area contributed by atoms with E-state index >= 15 is 0 Å². The number of aromatic nitrogens is 6. The number of pyridine rings is 1. The van der Waals surface area contributed by atoms with Crippen LogP contribution in [0.3, 0.4) is 0 Å². The molecule has 1 saturated heterocycles. The maximum absolute atomic E-state index is 12.2. The van der Waals surface area contributed by atoms with E-state index in [1.54, 1.807) is 23.3 Å². The van der Waals surface area contributed by atoms with E-state index in [0.717, 1.165) is 5.56 Å². The summed E-state index contributed by atoms with van der Waals surface area (Å²) in [7, 11) is 0. The van der Waals surface area contributed by atoms with E-state index in [-0.39, 0.29) is 17.6 Å². The number of anilines is 1. The lowest BCUT2D eigenvalue weighted by Crippen LogP contribution is -2.31. The first-order valence-corrected chi connectivity index (χ1v) is 7.66. The molecule has 23 heavy (non-hydrogen) atoms. The Balaban J connectivity index is 1.46. The van der Waals surface area contributed by atoms with Gasteiger partial charge in [0.15, 0.2) is 5.69 Å². The summed E-state index contributed by atoms with van der Waals surface area (Å²) in [5, 5.41) is 19.6. The quantitative estimate of drug-likeness (QED) is 0.761. The largest absolute Gasteiger partial charge is 0.377 e. The van der Waals surface area contributed by atoms with Crippen molar-refractivity contribution in [3.05, 3.63) is 36.4 Å². The number of rotatable bonds is 4. The predicted octanol–water partition coefficient (Wildman–Crippen LogP) is 1.02. The molecule has 3 aromatic rings. The zero-order valence-electron chi connectivity index (χ0n) is 11.8. The van der Waals surface area contributed by atoms with Crippen molar-refractivity contribution < 1.29 is 9.53 Å². The van der Waals surface area contributed by atoms with Gasteiger partial charge in [0.25, 0.3) is 5.91 Å². The highest BCUT2D eigenvalue weighted by Gasteiger charge is 2.23. The van der Waals surface area contributed by atoms with Crippen LogP contribution in [0.4, 0.5) is 5.13 Å². The number of hydrogen-bond acceptors (Lipinski definition) is 8. The van der Waals surface area contributed by atoms with Crippen LogP contribution in [0.25, 0.3) is 10.6 Å². The normalized spacial score (nSPS) is 14.4. The third-order valence-corrected chi connectivity index (χ3v) is 4.20. The summed E-state index contributed by atoms with van der Waals surface area (Å²) in [6, 6.07) is 3.82. The topological polar surface area (TPSA) is 108 Å². The molecule has 4 rings (SSSR count). The summed E-state index contributed by atoms with van der Waals surface area (Å²) in [6.07, 6.45) is 4.96. The number of hydrogen-bond donors (Lipinski definition) is 1. The van der Waals surface area contributed by atoms with Crippen LogP contribution < -0.4 is 5.32 Å². The van der Waals surface area contributed by atoms with E-state index in [0.29, 0.717) is 23.4 Å². The minimum atomic E-state index is -0.367. The van der Waals surface area contributed by atoms with Crippen LogP contribution in [0, 0.1) is 0 Å². The highest BCUT2D eigenvalue weighted by atomic mass is 32.1. The van der Waals surface area contributed by atoms with Crippen molar-refractivity contribution >= 4 is 22.4 Å². The number of ether oxygens (including phenoxy) is 1. The Morgan fingerprint density at radius 1 is 1.26 bits per heavy atom. The second-order valence-electron chi connectivity index (χ2n) is 4.88. The SMILES string of the molecule is O=C(Nc1nnc(-c2ccncc2)s1)c1cn(C2COC2)nn1. The number of carbonyl (C=O) groups is 1. The number of nitrogens with one attached hydrogen (secondary N) is 1. The van der Waals surface area contributed by atoms with Gasteiger partial charge in [0.2, 0.25) is 5.13 Å². The second-order valence-corrected chi connectivity index (χ2v) is 5.85. The Bertz CT molecular complexity index is 828. The third-order valence-electron chi connectivity index (χ3n) is 3.31. The van der Waals surface area contributed by atoms with E-state index in [1.807, 2.05) is 12.1 Å². The number of amides is 1. The van der Waals surface area contributed by atoms with Crippen molar-refractivity contribution in [1.82, 2.24) is 30.2 Å². The first-order valence-electron chi connectivity index (χ1n) is 6.84. The number of carbonyl (C=O) groups excluding carboxylic acids is 1. The van der Waals surface area contributed by atoms with Crippen molar-refractivity contribution in [1.29, 1.82) is 0 Å². The molecule has 0 aromatic carbocycles. The van der Waals surface area contributed by atoms with E-state index < -0.39 is 0 Å². The smallest absolute Gasteiger partial charge is 0.279 e. The molecule has 0 unspecified atom stereocenters. The van der Waals surface area contributed by atoms with Gasteiger partial charge in [-0.15, -0.1) is 15.3 Å². The maximum Gasteiger partial charge on any atom is 0.279 e. The highest BCUT2D eigenvalue weighted by molar-refractivity contribution is 7.18. The van der Waals surface area contributed by atoms with Crippen molar-refractivity contribution in [2.45, 2.75) is 6.04 Å². The van der Waals surface area contributed by atoms with Gasteiger partial charge in [0.05, 0.1) is 19.4 Å². The van der Waals surface area contributed by atoms with Gasteiger partial charge >= 0.3 is 0 Å². The van der Waals surface area contributed by atoms with E-state index in [4.69, 9.17) is 4.74 Å². The standard InChI is InChI=1S/C13H11N7O2S/c21-11(10-5-20(19-16-10)9-6-22-7-9)15-13-18-17-12(23-13)8-1-3-14-4-2-8/h1-5,9H,6-7H2,(H,15,18,21). The van der Waals surface area contributed by atoms with E-state index in [9.17, 15) is 4.79 Å². The molecular formula is C13H11N7O2S.